The molecule has 72 valence electrons. The first kappa shape index (κ1) is 11.4. The topological polar surface area (TPSA) is 52.6 Å². The van der Waals surface area contributed by atoms with Gasteiger partial charge in [0.15, 0.2) is 0 Å². The molecule has 0 bridgehead atoms. The zero-order valence-corrected chi connectivity index (χ0v) is 7.32. The molecule has 0 radical (unpaired) electrons. The van der Waals surface area contributed by atoms with Crippen LogP contribution in [0.3, 0.4) is 0 Å². The molecule has 0 heterocycles. The number of hydrogen-bond acceptors (Lipinski definition) is 4. The molecule has 0 atom stereocenters. The molecular weight excluding hydrogens is 172 g/mol. The van der Waals surface area contributed by atoms with Crippen LogP contribution in [-0.2, 0) is 19.1 Å². The lowest BCUT2D eigenvalue weighted by Crippen LogP contribution is -2.11. The van der Waals surface area contributed by atoms with Gasteiger partial charge in [0, 0.05) is 6.08 Å². The van der Waals surface area contributed by atoms with Gasteiger partial charge in [-0.25, -0.2) is 4.79 Å². The molecule has 0 aromatic rings. The van der Waals surface area contributed by atoms with Gasteiger partial charge in [0.05, 0.1) is 6.42 Å². The number of hydrogen-bond donors (Lipinski definition) is 0. The first-order chi connectivity index (χ1) is 6.20. The monoisotopic (exact) mass is 184 g/mol. The van der Waals surface area contributed by atoms with E-state index in [2.05, 4.69) is 22.6 Å². The van der Waals surface area contributed by atoms with Crippen molar-refractivity contribution < 1.29 is 19.1 Å². The minimum absolute atomic E-state index is 0.0493. The van der Waals surface area contributed by atoms with Crippen molar-refractivity contribution in [3.05, 3.63) is 25.3 Å². The van der Waals surface area contributed by atoms with Gasteiger partial charge in [-0.3, -0.25) is 4.79 Å². The summed E-state index contributed by atoms with van der Waals surface area (Å²) in [4.78, 5) is 21.2. The highest BCUT2D eigenvalue weighted by atomic mass is 16.6. The average molecular weight is 184 g/mol. The molecule has 4 heteroatoms. The first-order valence-corrected chi connectivity index (χ1v) is 3.76. The van der Waals surface area contributed by atoms with Crippen LogP contribution in [0.2, 0.25) is 0 Å². The van der Waals surface area contributed by atoms with Gasteiger partial charge in [-0.15, -0.1) is 6.58 Å². The van der Waals surface area contributed by atoms with E-state index >= 15 is 0 Å². The van der Waals surface area contributed by atoms with Crippen molar-refractivity contribution in [1.29, 1.82) is 0 Å². The molecule has 4 nitrogen and oxygen atoms in total. The summed E-state index contributed by atoms with van der Waals surface area (Å²) in [6.07, 6.45) is 2.65. The van der Waals surface area contributed by atoms with E-state index in [0.717, 1.165) is 6.08 Å². The van der Waals surface area contributed by atoms with Crippen molar-refractivity contribution in [2.24, 2.45) is 0 Å². The Hall–Kier alpha value is -1.58. The van der Waals surface area contributed by atoms with E-state index in [1.54, 1.807) is 0 Å². The van der Waals surface area contributed by atoms with Gasteiger partial charge >= 0.3 is 11.9 Å². The Kier molecular flexibility index (Phi) is 6.23. The minimum Gasteiger partial charge on any atom is -0.462 e. The summed E-state index contributed by atoms with van der Waals surface area (Å²) in [5, 5.41) is 0. The maximum Gasteiger partial charge on any atom is 0.330 e. The Labute approximate surface area is 76.8 Å². The second-order valence-electron chi connectivity index (χ2n) is 2.08. The van der Waals surface area contributed by atoms with Crippen LogP contribution in [-0.4, -0.2) is 25.2 Å². The number of carbonyl (C=O) groups is 2. The Balaban J connectivity index is 3.35. The summed E-state index contributed by atoms with van der Waals surface area (Å²) >= 11 is 0. The largest absolute Gasteiger partial charge is 0.462 e. The van der Waals surface area contributed by atoms with Crippen LogP contribution in [0.4, 0.5) is 0 Å². The predicted molar refractivity (Wildman–Crippen MR) is 46.9 cm³/mol. The fourth-order valence-corrected chi connectivity index (χ4v) is 0.533. The summed E-state index contributed by atoms with van der Waals surface area (Å²) in [5.41, 5.74) is 0. The van der Waals surface area contributed by atoms with Crippen LogP contribution in [0.15, 0.2) is 25.3 Å². The Morgan fingerprint density at radius 1 is 1.15 bits per heavy atom. The predicted octanol–water partition coefficient (Wildman–Crippen LogP) is 0.835. The smallest absolute Gasteiger partial charge is 0.330 e. The van der Waals surface area contributed by atoms with Gasteiger partial charge in [-0.1, -0.05) is 12.7 Å². The molecule has 0 rings (SSSR count). The summed E-state index contributed by atoms with van der Waals surface area (Å²) in [6.45, 7) is 6.69. The van der Waals surface area contributed by atoms with Crippen molar-refractivity contribution in [3.8, 4) is 0 Å². The van der Waals surface area contributed by atoms with E-state index in [1.807, 2.05) is 0 Å². The van der Waals surface area contributed by atoms with Gasteiger partial charge in [0.1, 0.15) is 13.2 Å². The maximum absolute atomic E-state index is 10.7. The standard InChI is InChI=1S/C9H12O4/c1-3-5-9(11)13-7-6-12-8(10)4-2/h3-4H,1-2,5-7H2. The van der Waals surface area contributed by atoms with Crippen molar-refractivity contribution in [1.82, 2.24) is 0 Å². The van der Waals surface area contributed by atoms with E-state index in [0.29, 0.717) is 0 Å². The number of rotatable bonds is 6. The zero-order valence-electron chi connectivity index (χ0n) is 7.32. The van der Waals surface area contributed by atoms with Crippen LogP contribution in [0.1, 0.15) is 6.42 Å². The first-order valence-electron chi connectivity index (χ1n) is 3.76. The molecule has 0 aliphatic carbocycles. The molecule has 0 unspecified atom stereocenters. The van der Waals surface area contributed by atoms with Gasteiger partial charge in [-0.2, -0.15) is 0 Å². The SMILES string of the molecule is C=CCC(=O)OCCOC(=O)C=C. The molecule has 0 aliphatic rings. The second-order valence-corrected chi connectivity index (χ2v) is 2.08. The average Bonchev–Trinajstić information content (AvgIpc) is 2.12. The summed E-state index contributed by atoms with van der Waals surface area (Å²) in [6, 6.07) is 0. The Morgan fingerprint density at radius 3 is 2.31 bits per heavy atom. The molecule has 0 saturated carbocycles. The Bertz CT molecular complexity index is 208. The highest BCUT2D eigenvalue weighted by Gasteiger charge is 1.99. The summed E-state index contributed by atoms with van der Waals surface area (Å²) in [5.74, 6) is -0.913. The quantitative estimate of drug-likeness (QED) is 0.265. The molecule has 13 heavy (non-hydrogen) atoms. The van der Waals surface area contributed by atoms with E-state index in [1.165, 1.54) is 6.08 Å². The van der Waals surface area contributed by atoms with E-state index in [9.17, 15) is 9.59 Å². The fourth-order valence-electron chi connectivity index (χ4n) is 0.533. The normalized spacial score (nSPS) is 8.62. The molecule has 0 aromatic carbocycles. The third-order valence-electron chi connectivity index (χ3n) is 1.07. The van der Waals surface area contributed by atoms with E-state index in [-0.39, 0.29) is 25.6 Å². The second kappa shape index (κ2) is 7.09. The lowest BCUT2D eigenvalue weighted by molar-refractivity contribution is -0.148. The minimum atomic E-state index is -0.528. The van der Waals surface area contributed by atoms with Gasteiger partial charge in [-0.05, 0) is 0 Å². The summed E-state index contributed by atoms with van der Waals surface area (Å²) < 4.78 is 9.22. The molecule has 0 saturated heterocycles. The van der Waals surface area contributed by atoms with Crippen LogP contribution in [0.25, 0.3) is 0 Å². The summed E-state index contributed by atoms with van der Waals surface area (Å²) in [7, 11) is 0. The number of esters is 2. The van der Waals surface area contributed by atoms with Crippen LogP contribution in [0, 0.1) is 0 Å². The van der Waals surface area contributed by atoms with Crippen molar-refractivity contribution >= 4 is 11.9 Å². The highest BCUT2D eigenvalue weighted by molar-refractivity contribution is 5.81. The van der Waals surface area contributed by atoms with Gasteiger partial charge in [0.25, 0.3) is 0 Å². The van der Waals surface area contributed by atoms with E-state index < -0.39 is 5.97 Å². The zero-order chi connectivity index (χ0) is 10.1. The van der Waals surface area contributed by atoms with Crippen molar-refractivity contribution in [2.75, 3.05) is 13.2 Å². The lowest BCUT2D eigenvalue weighted by atomic mass is 10.4. The third kappa shape index (κ3) is 6.80. The van der Waals surface area contributed by atoms with Gasteiger partial charge < -0.3 is 9.47 Å². The molecular formula is C9H12O4. The van der Waals surface area contributed by atoms with Gasteiger partial charge in [0.2, 0.25) is 0 Å². The number of carbonyl (C=O) groups excluding carboxylic acids is 2. The Morgan fingerprint density at radius 2 is 1.77 bits per heavy atom. The van der Waals surface area contributed by atoms with Crippen molar-refractivity contribution in [2.45, 2.75) is 6.42 Å². The van der Waals surface area contributed by atoms with E-state index in [4.69, 9.17) is 0 Å². The molecule has 0 aliphatic heterocycles. The molecule has 0 spiro atoms. The molecule has 0 amide bonds. The fraction of sp³-hybridized carbons (Fsp3) is 0.333. The van der Waals surface area contributed by atoms with Crippen LogP contribution < -0.4 is 0 Å². The highest BCUT2D eigenvalue weighted by Crippen LogP contribution is 1.87. The molecule has 0 N–H and O–H groups in total. The molecule has 0 aromatic heterocycles. The van der Waals surface area contributed by atoms with Crippen LogP contribution >= 0.6 is 0 Å². The number of ether oxygens (including phenoxy) is 2. The molecule has 0 fully saturated rings. The third-order valence-corrected chi connectivity index (χ3v) is 1.07. The maximum atomic E-state index is 10.7. The lowest BCUT2D eigenvalue weighted by Gasteiger charge is -2.02. The van der Waals surface area contributed by atoms with Crippen LogP contribution in [0.5, 0.6) is 0 Å². The van der Waals surface area contributed by atoms with Crippen molar-refractivity contribution in [3.63, 3.8) is 0 Å².